The summed E-state index contributed by atoms with van der Waals surface area (Å²) in [5.74, 6) is 0.681. The topological polar surface area (TPSA) is 136 Å². The third kappa shape index (κ3) is 5.05. The van der Waals surface area contributed by atoms with Crippen LogP contribution in [0.4, 0.5) is 11.4 Å². The molecule has 2 amide bonds. The van der Waals surface area contributed by atoms with Crippen LogP contribution >= 0.6 is 0 Å². The molecule has 0 radical (unpaired) electrons. The van der Waals surface area contributed by atoms with E-state index in [1.807, 2.05) is 19.9 Å². The van der Waals surface area contributed by atoms with Gasteiger partial charge in [0.1, 0.15) is 5.75 Å². The van der Waals surface area contributed by atoms with E-state index in [1.165, 1.54) is 24.3 Å². The van der Waals surface area contributed by atoms with Crippen LogP contribution in [0.15, 0.2) is 71.6 Å². The van der Waals surface area contributed by atoms with E-state index in [0.29, 0.717) is 22.9 Å². The molecule has 0 spiro atoms. The summed E-state index contributed by atoms with van der Waals surface area (Å²) in [6, 6.07) is 17.2. The normalized spacial score (nSPS) is 13.7. The molecule has 37 heavy (non-hydrogen) atoms. The minimum absolute atomic E-state index is 0.00588. The number of nitrogens with zero attached hydrogens (tertiary/aromatic N) is 5. The van der Waals surface area contributed by atoms with Crippen LogP contribution in [-0.2, 0) is 19.6 Å². The maximum Gasteiger partial charge on any atom is 0.261 e. The fourth-order valence-electron chi connectivity index (χ4n) is 3.91. The molecule has 5 rings (SSSR count). The Bertz CT molecular complexity index is 1560. The summed E-state index contributed by atoms with van der Waals surface area (Å²) >= 11 is 0. The van der Waals surface area contributed by atoms with Crippen molar-refractivity contribution in [1.82, 2.24) is 20.0 Å². The van der Waals surface area contributed by atoms with Gasteiger partial charge in [-0.2, -0.15) is 5.10 Å². The fraction of sp³-hybridized carbons (Fsp3) is 0.160. The van der Waals surface area contributed by atoms with E-state index in [-0.39, 0.29) is 35.4 Å². The van der Waals surface area contributed by atoms with Crippen LogP contribution < -0.4 is 14.4 Å². The minimum atomic E-state index is -3.90. The first-order chi connectivity index (χ1) is 17.7. The molecule has 12 heteroatoms. The maximum atomic E-state index is 12.8. The zero-order chi connectivity index (χ0) is 26.2. The lowest BCUT2D eigenvalue weighted by atomic mass is 10.3. The van der Waals surface area contributed by atoms with E-state index in [0.717, 1.165) is 16.3 Å². The number of ether oxygens (including phenoxy) is 1. The standard InChI is InChI=1S/C25H22N6O5S/c1-16-15-17(2)31(28-16)22-11-12-23(27-26-22)36-20-7-3-18(4-8-20)29-37(34,35)21-9-5-19(6-10-21)30-24(32)13-14-25(30)33/h3-12,15,29H,13-14H2,1-2H3. The molecule has 2 aromatic heterocycles. The molecule has 1 saturated heterocycles. The summed E-state index contributed by atoms with van der Waals surface area (Å²) in [6.45, 7) is 3.82. The van der Waals surface area contributed by atoms with Crippen LogP contribution in [0.25, 0.3) is 5.82 Å². The highest BCUT2D eigenvalue weighted by Gasteiger charge is 2.30. The molecule has 0 aliphatic carbocycles. The first-order valence-corrected chi connectivity index (χ1v) is 12.8. The summed E-state index contributed by atoms with van der Waals surface area (Å²) in [5.41, 5.74) is 2.49. The van der Waals surface area contributed by atoms with Crippen molar-refractivity contribution in [2.45, 2.75) is 31.6 Å². The minimum Gasteiger partial charge on any atom is -0.438 e. The van der Waals surface area contributed by atoms with Gasteiger partial charge >= 0.3 is 0 Å². The zero-order valence-corrected chi connectivity index (χ0v) is 20.8. The molecule has 0 atom stereocenters. The average molecular weight is 519 g/mol. The molecule has 1 fully saturated rings. The molecule has 3 heterocycles. The van der Waals surface area contributed by atoms with Gasteiger partial charge < -0.3 is 4.74 Å². The molecule has 0 saturated carbocycles. The number of aryl methyl sites for hydroxylation is 2. The summed E-state index contributed by atoms with van der Waals surface area (Å²) in [7, 11) is -3.90. The van der Waals surface area contributed by atoms with Crippen molar-refractivity contribution in [3.63, 3.8) is 0 Å². The number of hydrogen-bond donors (Lipinski definition) is 1. The number of sulfonamides is 1. The number of carbonyl (C=O) groups excluding carboxylic acids is 2. The molecule has 188 valence electrons. The van der Waals surface area contributed by atoms with Gasteiger partial charge in [0.2, 0.25) is 17.7 Å². The van der Waals surface area contributed by atoms with Gasteiger partial charge in [0.05, 0.1) is 16.3 Å². The second-order valence-electron chi connectivity index (χ2n) is 8.42. The first-order valence-electron chi connectivity index (χ1n) is 11.3. The van der Waals surface area contributed by atoms with Gasteiger partial charge in [-0.15, -0.1) is 10.2 Å². The summed E-state index contributed by atoms with van der Waals surface area (Å²) in [4.78, 5) is 24.8. The molecule has 2 aromatic carbocycles. The summed E-state index contributed by atoms with van der Waals surface area (Å²) in [5, 5.41) is 12.6. The van der Waals surface area contributed by atoms with Crippen LogP contribution in [0.1, 0.15) is 24.2 Å². The molecular weight excluding hydrogens is 496 g/mol. The van der Waals surface area contributed by atoms with Crippen molar-refractivity contribution in [1.29, 1.82) is 0 Å². The highest BCUT2D eigenvalue weighted by molar-refractivity contribution is 7.92. The van der Waals surface area contributed by atoms with Crippen molar-refractivity contribution in [2.75, 3.05) is 9.62 Å². The predicted octanol–water partition coefficient (Wildman–Crippen LogP) is 3.53. The number of benzene rings is 2. The summed E-state index contributed by atoms with van der Waals surface area (Å²) in [6.07, 6.45) is 0.311. The van der Waals surface area contributed by atoms with E-state index >= 15 is 0 Å². The van der Waals surface area contributed by atoms with E-state index in [1.54, 1.807) is 41.1 Å². The molecule has 1 aliphatic rings. The van der Waals surface area contributed by atoms with Crippen molar-refractivity contribution in [3.8, 4) is 17.4 Å². The lowest BCUT2D eigenvalue weighted by Crippen LogP contribution is -2.28. The molecular formula is C25H22N6O5S. The van der Waals surface area contributed by atoms with Crippen molar-refractivity contribution in [3.05, 3.63) is 78.1 Å². The molecule has 1 N–H and O–H groups in total. The van der Waals surface area contributed by atoms with Gasteiger partial charge in [0.15, 0.2) is 5.82 Å². The molecule has 0 unspecified atom stereocenters. The lowest BCUT2D eigenvalue weighted by molar-refractivity contribution is -0.121. The number of anilines is 2. The Kier molecular flexibility index (Phi) is 6.17. The SMILES string of the molecule is Cc1cc(C)n(-c2ccc(Oc3ccc(NS(=O)(=O)c4ccc(N5C(=O)CCC5=O)cc4)cc3)nn2)n1. The Morgan fingerprint density at radius 3 is 2.11 bits per heavy atom. The number of carbonyl (C=O) groups is 2. The molecule has 4 aromatic rings. The van der Waals surface area contributed by atoms with Gasteiger partial charge in [-0.05, 0) is 74.5 Å². The molecule has 11 nitrogen and oxygen atoms in total. The molecule has 0 bridgehead atoms. The van der Waals surface area contributed by atoms with Crippen LogP contribution in [0.2, 0.25) is 0 Å². The zero-order valence-electron chi connectivity index (χ0n) is 20.0. The van der Waals surface area contributed by atoms with E-state index in [9.17, 15) is 18.0 Å². The number of rotatable bonds is 7. The van der Waals surface area contributed by atoms with Crippen LogP contribution in [0.5, 0.6) is 11.6 Å². The van der Waals surface area contributed by atoms with E-state index < -0.39 is 10.0 Å². The van der Waals surface area contributed by atoms with E-state index in [2.05, 4.69) is 20.0 Å². The number of aromatic nitrogens is 4. The number of hydrogen-bond acceptors (Lipinski definition) is 8. The Morgan fingerprint density at radius 1 is 0.865 bits per heavy atom. The number of nitrogens with one attached hydrogen (secondary N) is 1. The highest BCUT2D eigenvalue weighted by atomic mass is 32.2. The Balaban J connectivity index is 1.24. The fourth-order valence-corrected chi connectivity index (χ4v) is 4.96. The highest BCUT2D eigenvalue weighted by Crippen LogP contribution is 2.26. The smallest absolute Gasteiger partial charge is 0.261 e. The largest absolute Gasteiger partial charge is 0.438 e. The van der Waals surface area contributed by atoms with Gasteiger partial charge in [-0.25, -0.2) is 13.1 Å². The second-order valence-corrected chi connectivity index (χ2v) is 10.1. The van der Waals surface area contributed by atoms with Crippen molar-refractivity contribution < 1.29 is 22.7 Å². The van der Waals surface area contributed by atoms with E-state index in [4.69, 9.17) is 4.74 Å². The first kappa shape index (κ1) is 24.1. The lowest BCUT2D eigenvalue weighted by Gasteiger charge is -2.14. The van der Waals surface area contributed by atoms with Crippen LogP contribution in [0.3, 0.4) is 0 Å². The third-order valence-electron chi connectivity index (χ3n) is 5.64. The van der Waals surface area contributed by atoms with Crippen LogP contribution in [-0.4, -0.2) is 40.2 Å². The van der Waals surface area contributed by atoms with Gasteiger partial charge in [0.25, 0.3) is 10.0 Å². The monoisotopic (exact) mass is 518 g/mol. The number of imide groups is 1. The molecule has 1 aliphatic heterocycles. The average Bonchev–Trinajstić information content (AvgIpc) is 3.40. The van der Waals surface area contributed by atoms with Gasteiger partial charge in [-0.1, -0.05) is 0 Å². The maximum absolute atomic E-state index is 12.8. The second kappa shape index (κ2) is 9.47. The third-order valence-corrected chi connectivity index (χ3v) is 7.04. The summed E-state index contributed by atoms with van der Waals surface area (Å²) < 4.78 is 35.5. The van der Waals surface area contributed by atoms with Crippen molar-refractivity contribution in [2.24, 2.45) is 0 Å². The Morgan fingerprint density at radius 2 is 1.54 bits per heavy atom. The van der Waals surface area contributed by atoms with Crippen LogP contribution in [0, 0.1) is 13.8 Å². The quantitative estimate of drug-likeness (QED) is 0.367. The Hall–Kier alpha value is -4.58. The number of amides is 2. The Labute approximate surface area is 212 Å². The van der Waals surface area contributed by atoms with Gasteiger partial charge in [0, 0.05) is 30.3 Å². The van der Waals surface area contributed by atoms with Gasteiger partial charge in [-0.3, -0.25) is 19.2 Å². The predicted molar refractivity (Wildman–Crippen MR) is 134 cm³/mol. The van der Waals surface area contributed by atoms with Crippen molar-refractivity contribution >= 4 is 33.2 Å².